The summed E-state index contributed by atoms with van der Waals surface area (Å²) in [6.07, 6.45) is 1.29. The van der Waals surface area contributed by atoms with E-state index in [9.17, 15) is 13.2 Å². The van der Waals surface area contributed by atoms with Crippen LogP contribution in [0.4, 0.5) is 0 Å². The highest BCUT2D eigenvalue weighted by Gasteiger charge is 2.06. The van der Waals surface area contributed by atoms with E-state index in [1.165, 1.54) is 24.3 Å². The molecule has 0 atom stereocenters. The summed E-state index contributed by atoms with van der Waals surface area (Å²) in [7, 11) is -3.68. The van der Waals surface area contributed by atoms with Crippen molar-refractivity contribution < 1.29 is 23.1 Å². The third-order valence-corrected chi connectivity index (χ3v) is 3.14. The fourth-order valence-electron chi connectivity index (χ4n) is 1.29. The summed E-state index contributed by atoms with van der Waals surface area (Å²) < 4.78 is 27.3. The summed E-state index contributed by atoms with van der Waals surface area (Å²) in [6.45, 7) is 0.391. The van der Waals surface area contributed by atoms with E-state index in [1.54, 1.807) is 0 Å². The van der Waals surface area contributed by atoms with E-state index in [-0.39, 0.29) is 11.3 Å². The summed E-state index contributed by atoms with van der Waals surface area (Å²) in [5, 5.41) is 13.4. The first-order valence-electron chi connectivity index (χ1n) is 5.37. The number of unbranched alkanes of at least 4 members (excludes halogenated alkanes) is 1. The second kappa shape index (κ2) is 6.36. The largest absolute Gasteiger partial charge is 0.494 e. The van der Waals surface area contributed by atoms with Crippen molar-refractivity contribution in [3.05, 3.63) is 24.3 Å². The predicted molar refractivity (Wildman–Crippen MR) is 64.8 cm³/mol. The van der Waals surface area contributed by atoms with Gasteiger partial charge in [0.25, 0.3) is 0 Å². The Morgan fingerprint density at radius 2 is 1.83 bits per heavy atom. The lowest BCUT2D eigenvalue weighted by Crippen LogP contribution is -2.11. The maximum atomic E-state index is 11.0. The Bertz CT molecular complexity index is 495. The summed E-state index contributed by atoms with van der Waals surface area (Å²) in [5.74, 6) is -0.301. The van der Waals surface area contributed by atoms with Crippen LogP contribution in [0.1, 0.15) is 19.3 Å². The van der Waals surface area contributed by atoms with Gasteiger partial charge in [0, 0.05) is 6.42 Å². The number of ether oxygens (including phenoxy) is 1. The Morgan fingerprint density at radius 3 is 2.33 bits per heavy atom. The van der Waals surface area contributed by atoms with E-state index < -0.39 is 16.0 Å². The average molecular weight is 273 g/mol. The average Bonchev–Trinajstić information content (AvgIpc) is 2.27. The number of hydrogen-bond donors (Lipinski definition) is 2. The number of rotatable bonds is 7. The van der Waals surface area contributed by atoms with Crippen LogP contribution in [0.15, 0.2) is 29.2 Å². The zero-order chi connectivity index (χ0) is 13.6. The molecule has 0 aliphatic carbocycles. The Hall–Kier alpha value is -1.60. The van der Waals surface area contributed by atoms with Crippen LogP contribution in [0, 0.1) is 0 Å². The molecule has 1 aromatic carbocycles. The molecule has 1 aromatic rings. The molecule has 0 radical (unpaired) electrons. The molecule has 18 heavy (non-hydrogen) atoms. The summed E-state index contributed by atoms with van der Waals surface area (Å²) in [6, 6.07) is 5.75. The number of hydrogen-bond acceptors (Lipinski definition) is 4. The molecule has 0 spiro atoms. The van der Waals surface area contributed by atoms with Crippen molar-refractivity contribution in [1.29, 1.82) is 0 Å². The van der Waals surface area contributed by atoms with Crippen LogP contribution in [0.5, 0.6) is 5.75 Å². The second-order valence-corrected chi connectivity index (χ2v) is 5.28. The minimum absolute atomic E-state index is 0.0285. The van der Waals surface area contributed by atoms with Gasteiger partial charge in [-0.05, 0) is 37.1 Å². The van der Waals surface area contributed by atoms with Gasteiger partial charge >= 0.3 is 5.97 Å². The van der Waals surface area contributed by atoms with Crippen molar-refractivity contribution in [2.45, 2.75) is 24.2 Å². The minimum atomic E-state index is -3.68. The number of nitrogens with two attached hydrogens (primary N) is 1. The SMILES string of the molecule is NS(=O)(=O)c1ccc(OCCCCC(=O)O)cc1. The number of aliphatic carboxylic acids is 1. The molecule has 6 nitrogen and oxygen atoms in total. The molecule has 0 saturated carbocycles. The topological polar surface area (TPSA) is 107 Å². The molecule has 100 valence electrons. The van der Waals surface area contributed by atoms with Crippen LogP contribution >= 0.6 is 0 Å². The molecule has 7 heteroatoms. The molecule has 0 aromatic heterocycles. The van der Waals surface area contributed by atoms with Crippen LogP contribution in [-0.2, 0) is 14.8 Å². The molecule has 1 rings (SSSR count). The number of carboxylic acids is 1. The number of carbonyl (C=O) groups is 1. The van der Waals surface area contributed by atoms with Gasteiger partial charge in [-0.3, -0.25) is 4.79 Å². The van der Waals surface area contributed by atoms with Crippen molar-refractivity contribution in [1.82, 2.24) is 0 Å². The fraction of sp³-hybridized carbons (Fsp3) is 0.364. The predicted octanol–water partition coefficient (Wildman–Crippen LogP) is 0.968. The number of benzene rings is 1. The van der Waals surface area contributed by atoms with Crippen molar-refractivity contribution in [2.75, 3.05) is 6.61 Å². The molecular weight excluding hydrogens is 258 g/mol. The molecule has 0 bridgehead atoms. The molecule has 0 aliphatic heterocycles. The van der Waals surface area contributed by atoms with Crippen LogP contribution in [-0.4, -0.2) is 26.1 Å². The van der Waals surface area contributed by atoms with Gasteiger partial charge in [-0.2, -0.15) is 0 Å². The zero-order valence-corrected chi connectivity index (χ0v) is 10.5. The lowest BCUT2D eigenvalue weighted by Gasteiger charge is -2.06. The Labute approximate surface area is 105 Å². The van der Waals surface area contributed by atoms with Gasteiger partial charge in [-0.1, -0.05) is 0 Å². The van der Waals surface area contributed by atoms with E-state index in [2.05, 4.69) is 0 Å². The van der Waals surface area contributed by atoms with Crippen LogP contribution in [0.2, 0.25) is 0 Å². The lowest BCUT2D eigenvalue weighted by molar-refractivity contribution is -0.137. The first-order valence-corrected chi connectivity index (χ1v) is 6.91. The van der Waals surface area contributed by atoms with Gasteiger partial charge in [0.1, 0.15) is 5.75 Å². The Balaban J connectivity index is 2.38. The maximum Gasteiger partial charge on any atom is 0.303 e. The van der Waals surface area contributed by atoms with Gasteiger partial charge in [0.15, 0.2) is 0 Å². The lowest BCUT2D eigenvalue weighted by atomic mass is 10.2. The molecule has 0 fully saturated rings. The smallest absolute Gasteiger partial charge is 0.303 e. The molecular formula is C11H15NO5S. The quantitative estimate of drug-likeness (QED) is 0.720. The molecule has 0 unspecified atom stereocenters. The van der Waals surface area contributed by atoms with Crippen molar-refractivity contribution in [3.63, 3.8) is 0 Å². The summed E-state index contributed by atoms with van der Waals surface area (Å²) in [4.78, 5) is 10.3. The van der Waals surface area contributed by atoms with E-state index in [1.807, 2.05) is 0 Å². The monoisotopic (exact) mass is 273 g/mol. The summed E-state index contributed by atoms with van der Waals surface area (Å²) >= 11 is 0. The molecule has 0 amide bonds. The second-order valence-electron chi connectivity index (χ2n) is 3.72. The van der Waals surface area contributed by atoms with E-state index in [4.69, 9.17) is 15.0 Å². The van der Waals surface area contributed by atoms with Crippen LogP contribution in [0.25, 0.3) is 0 Å². The Morgan fingerprint density at radius 1 is 1.22 bits per heavy atom. The van der Waals surface area contributed by atoms with Crippen molar-refractivity contribution in [2.24, 2.45) is 5.14 Å². The van der Waals surface area contributed by atoms with Gasteiger partial charge < -0.3 is 9.84 Å². The van der Waals surface area contributed by atoms with E-state index >= 15 is 0 Å². The fourth-order valence-corrected chi connectivity index (χ4v) is 1.81. The van der Waals surface area contributed by atoms with Gasteiger partial charge in [0.05, 0.1) is 11.5 Å². The van der Waals surface area contributed by atoms with Gasteiger partial charge in [0.2, 0.25) is 10.0 Å². The highest BCUT2D eigenvalue weighted by Crippen LogP contribution is 2.15. The minimum Gasteiger partial charge on any atom is -0.494 e. The normalized spacial score (nSPS) is 11.2. The first kappa shape index (κ1) is 14.5. The Kier molecular flexibility index (Phi) is 5.11. The molecule has 0 saturated heterocycles. The molecule has 0 aliphatic rings. The zero-order valence-electron chi connectivity index (χ0n) is 9.70. The number of primary sulfonamides is 1. The molecule has 0 heterocycles. The summed E-state index contributed by atoms with van der Waals surface area (Å²) in [5.41, 5.74) is 0. The number of sulfonamides is 1. The van der Waals surface area contributed by atoms with Crippen LogP contribution < -0.4 is 9.88 Å². The van der Waals surface area contributed by atoms with Crippen molar-refractivity contribution >= 4 is 16.0 Å². The van der Waals surface area contributed by atoms with E-state index in [0.717, 1.165) is 0 Å². The van der Waals surface area contributed by atoms with Gasteiger partial charge in [-0.15, -0.1) is 0 Å². The standard InChI is InChI=1S/C11H15NO5S/c12-18(15,16)10-6-4-9(5-7-10)17-8-2-1-3-11(13)14/h4-7H,1-3,8H2,(H,13,14)(H2,12,15,16). The molecule has 3 N–H and O–H groups in total. The first-order chi connectivity index (χ1) is 8.39. The number of carboxylic acid groups (broad SMARTS) is 1. The third kappa shape index (κ3) is 5.15. The highest BCUT2D eigenvalue weighted by atomic mass is 32.2. The highest BCUT2D eigenvalue weighted by molar-refractivity contribution is 7.89. The third-order valence-electron chi connectivity index (χ3n) is 2.21. The van der Waals surface area contributed by atoms with Crippen LogP contribution in [0.3, 0.4) is 0 Å². The van der Waals surface area contributed by atoms with E-state index in [0.29, 0.717) is 25.2 Å². The maximum absolute atomic E-state index is 11.0. The van der Waals surface area contributed by atoms with Crippen molar-refractivity contribution in [3.8, 4) is 5.75 Å². The van der Waals surface area contributed by atoms with Gasteiger partial charge in [-0.25, -0.2) is 13.6 Å².